The number of hydrogen-bond donors (Lipinski definition) is 2. The second-order valence-corrected chi connectivity index (χ2v) is 4.42. The molecular weight excluding hydrogens is 224 g/mol. The van der Waals surface area contributed by atoms with Crippen molar-refractivity contribution in [3.8, 4) is 11.5 Å². The molecule has 1 aliphatic heterocycles. The highest BCUT2D eigenvalue weighted by Gasteiger charge is 2.47. The summed E-state index contributed by atoms with van der Waals surface area (Å²) in [4.78, 5) is 10.7. The van der Waals surface area contributed by atoms with E-state index in [1.165, 1.54) is 6.07 Å². The van der Waals surface area contributed by atoms with Crippen LogP contribution in [0.4, 0.5) is 0 Å². The zero-order chi connectivity index (χ0) is 12.0. The van der Waals surface area contributed by atoms with E-state index in [2.05, 4.69) is 0 Å². The summed E-state index contributed by atoms with van der Waals surface area (Å²) in [6, 6.07) is 4.71. The van der Waals surface area contributed by atoms with Crippen molar-refractivity contribution in [3.63, 3.8) is 0 Å². The highest BCUT2D eigenvalue weighted by molar-refractivity contribution is 5.74. The smallest absolute Gasteiger partial charge is 0.337 e. The molecule has 1 aromatic carbocycles. The predicted octanol–water partition coefficient (Wildman–Crippen LogP) is 1.46. The lowest BCUT2D eigenvalue weighted by Crippen LogP contribution is -2.45. The van der Waals surface area contributed by atoms with E-state index in [9.17, 15) is 9.90 Å². The van der Waals surface area contributed by atoms with Gasteiger partial charge in [-0.1, -0.05) is 6.07 Å². The number of aliphatic carboxylic acids is 1. The average molecular weight is 236 g/mol. The highest BCUT2D eigenvalue weighted by atomic mass is 16.7. The van der Waals surface area contributed by atoms with Gasteiger partial charge in [0.1, 0.15) is 0 Å². The Hall–Kier alpha value is -1.75. The van der Waals surface area contributed by atoms with Gasteiger partial charge in [-0.05, 0) is 24.1 Å². The molecule has 1 atom stereocenters. The third-order valence-corrected chi connectivity index (χ3v) is 3.22. The van der Waals surface area contributed by atoms with Crippen molar-refractivity contribution in [1.82, 2.24) is 0 Å². The molecule has 1 unspecified atom stereocenters. The maximum absolute atomic E-state index is 10.7. The Labute approximate surface area is 97.6 Å². The number of carboxylic acids is 1. The number of aliphatic hydroxyl groups is 1. The molecule has 1 aliphatic carbocycles. The molecule has 5 nitrogen and oxygen atoms in total. The highest BCUT2D eigenvalue weighted by Crippen LogP contribution is 2.48. The molecule has 0 bridgehead atoms. The summed E-state index contributed by atoms with van der Waals surface area (Å²) in [5, 5.41) is 18.2. The molecule has 0 saturated heterocycles. The first-order valence-corrected chi connectivity index (χ1v) is 5.52. The fourth-order valence-corrected chi connectivity index (χ4v) is 2.09. The second-order valence-electron chi connectivity index (χ2n) is 4.42. The predicted molar refractivity (Wildman–Crippen MR) is 56.9 cm³/mol. The Balaban J connectivity index is 1.89. The molecule has 90 valence electrons. The lowest BCUT2D eigenvalue weighted by atomic mass is 9.91. The van der Waals surface area contributed by atoms with Gasteiger partial charge in [-0.2, -0.15) is 0 Å². The summed E-state index contributed by atoms with van der Waals surface area (Å²) in [7, 11) is 0. The van der Waals surface area contributed by atoms with Crippen molar-refractivity contribution < 1.29 is 24.5 Å². The molecule has 1 saturated carbocycles. The van der Waals surface area contributed by atoms with Gasteiger partial charge in [-0.25, -0.2) is 4.79 Å². The van der Waals surface area contributed by atoms with Crippen molar-refractivity contribution in [1.29, 1.82) is 0 Å². The van der Waals surface area contributed by atoms with Gasteiger partial charge in [0.25, 0.3) is 5.79 Å². The van der Waals surface area contributed by atoms with Crippen LogP contribution in [0.2, 0.25) is 0 Å². The van der Waals surface area contributed by atoms with E-state index < -0.39 is 17.9 Å². The molecule has 1 heterocycles. The number of carboxylic acid groups (broad SMARTS) is 1. The topological polar surface area (TPSA) is 76.0 Å². The van der Waals surface area contributed by atoms with Gasteiger partial charge in [0.2, 0.25) is 0 Å². The summed E-state index contributed by atoms with van der Waals surface area (Å²) in [5.74, 6) is -0.675. The van der Waals surface area contributed by atoms with Crippen LogP contribution in [0, 0.1) is 0 Å². The third-order valence-electron chi connectivity index (χ3n) is 3.22. The van der Waals surface area contributed by atoms with E-state index in [4.69, 9.17) is 14.6 Å². The zero-order valence-corrected chi connectivity index (χ0v) is 9.05. The summed E-state index contributed by atoms with van der Waals surface area (Å²) in [6.45, 7) is 0. The van der Waals surface area contributed by atoms with Gasteiger partial charge >= 0.3 is 5.97 Å². The molecule has 0 amide bonds. The molecule has 1 aromatic rings. The van der Waals surface area contributed by atoms with Crippen LogP contribution in [-0.2, 0) is 4.79 Å². The molecular formula is C12H12O5. The van der Waals surface area contributed by atoms with Gasteiger partial charge in [-0.3, -0.25) is 0 Å². The van der Waals surface area contributed by atoms with E-state index >= 15 is 0 Å². The van der Waals surface area contributed by atoms with Crippen molar-refractivity contribution in [3.05, 3.63) is 23.8 Å². The van der Waals surface area contributed by atoms with E-state index in [1.807, 2.05) is 0 Å². The Morgan fingerprint density at radius 1 is 1.29 bits per heavy atom. The van der Waals surface area contributed by atoms with E-state index in [1.54, 1.807) is 12.1 Å². The van der Waals surface area contributed by atoms with Crippen molar-refractivity contribution >= 4 is 5.97 Å². The number of aliphatic hydroxyl groups excluding tert-OH is 1. The Bertz CT molecular complexity index is 478. The van der Waals surface area contributed by atoms with Crippen molar-refractivity contribution in [2.45, 2.75) is 31.2 Å². The first-order chi connectivity index (χ1) is 8.10. The molecule has 0 radical (unpaired) electrons. The Kier molecular flexibility index (Phi) is 2.06. The monoisotopic (exact) mass is 236 g/mol. The maximum atomic E-state index is 10.7. The Morgan fingerprint density at radius 3 is 2.59 bits per heavy atom. The van der Waals surface area contributed by atoms with Crippen LogP contribution < -0.4 is 9.47 Å². The molecule has 0 aromatic heterocycles. The molecule has 5 heteroatoms. The van der Waals surface area contributed by atoms with Crippen LogP contribution in [0.5, 0.6) is 11.5 Å². The summed E-state index contributed by atoms with van der Waals surface area (Å²) >= 11 is 0. The molecule has 2 aliphatic rings. The molecule has 1 spiro atoms. The SMILES string of the molecule is O=C(O)C(O)c1ccc2c(c1)OC1(CCC1)O2. The fraction of sp³-hybridized carbons (Fsp3) is 0.417. The van der Waals surface area contributed by atoms with Crippen molar-refractivity contribution in [2.75, 3.05) is 0 Å². The van der Waals surface area contributed by atoms with Crippen LogP contribution in [-0.4, -0.2) is 22.0 Å². The Morgan fingerprint density at radius 2 is 2.00 bits per heavy atom. The van der Waals surface area contributed by atoms with Gasteiger partial charge in [0.15, 0.2) is 17.6 Å². The van der Waals surface area contributed by atoms with E-state index in [0.717, 1.165) is 19.3 Å². The molecule has 3 rings (SSSR count). The van der Waals surface area contributed by atoms with Crippen molar-refractivity contribution in [2.24, 2.45) is 0 Å². The van der Waals surface area contributed by atoms with Gasteiger partial charge in [0, 0.05) is 12.8 Å². The van der Waals surface area contributed by atoms with Gasteiger partial charge in [0.05, 0.1) is 0 Å². The van der Waals surface area contributed by atoms with E-state index in [-0.39, 0.29) is 0 Å². The second kappa shape index (κ2) is 3.37. The number of hydrogen-bond acceptors (Lipinski definition) is 4. The van der Waals surface area contributed by atoms with Gasteiger partial charge < -0.3 is 19.7 Å². The molecule has 17 heavy (non-hydrogen) atoms. The minimum atomic E-state index is -1.53. The fourth-order valence-electron chi connectivity index (χ4n) is 2.09. The lowest BCUT2D eigenvalue weighted by Gasteiger charge is -2.35. The van der Waals surface area contributed by atoms with Crippen LogP contribution in [0.25, 0.3) is 0 Å². The standard InChI is InChI=1S/C12H12O5/c13-10(11(14)15)7-2-3-8-9(6-7)17-12(16-8)4-1-5-12/h2-3,6,10,13H,1,4-5H2,(H,14,15). The number of ether oxygens (including phenoxy) is 2. The largest absolute Gasteiger partial charge is 0.479 e. The minimum Gasteiger partial charge on any atom is -0.479 e. The first kappa shape index (κ1) is 10.4. The van der Waals surface area contributed by atoms with Crippen LogP contribution in [0.15, 0.2) is 18.2 Å². The van der Waals surface area contributed by atoms with E-state index in [0.29, 0.717) is 17.1 Å². The number of benzene rings is 1. The first-order valence-electron chi connectivity index (χ1n) is 5.52. The summed E-state index contributed by atoms with van der Waals surface area (Å²) in [6.07, 6.45) is 1.23. The van der Waals surface area contributed by atoms with Crippen LogP contribution in [0.3, 0.4) is 0 Å². The number of rotatable bonds is 2. The normalized spacial score (nSPS) is 21.0. The van der Waals surface area contributed by atoms with Crippen LogP contribution >= 0.6 is 0 Å². The average Bonchev–Trinajstić information content (AvgIpc) is 2.65. The maximum Gasteiger partial charge on any atom is 0.337 e. The van der Waals surface area contributed by atoms with Gasteiger partial charge in [-0.15, -0.1) is 0 Å². The van der Waals surface area contributed by atoms with Crippen LogP contribution in [0.1, 0.15) is 30.9 Å². The summed E-state index contributed by atoms with van der Waals surface area (Å²) in [5.41, 5.74) is 0.302. The quantitative estimate of drug-likeness (QED) is 0.812. The minimum absolute atomic E-state index is 0.302. The molecule has 2 N–H and O–H groups in total. The number of carbonyl (C=O) groups is 1. The number of fused-ring (bicyclic) bond motifs is 1. The zero-order valence-electron chi connectivity index (χ0n) is 9.05. The lowest BCUT2D eigenvalue weighted by molar-refractivity contribution is -0.146. The molecule has 1 fully saturated rings. The third kappa shape index (κ3) is 1.54. The summed E-state index contributed by atoms with van der Waals surface area (Å²) < 4.78 is 11.3.